The fourth-order valence-corrected chi connectivity index (χ4v) is 3.63. The lowest BCUT2D eigenvalue weighted by Gasteiger charge is -2.34. The highest BCUT2D eigenvalue weighted by molar-refractivity contribution is 5.79. The number of carbonyl (C=O) groups excluding carboxylic acids is 1. The number of hydrogen-bond donors (Lipinski definition) is 0. The second-order valence-corrected chi connectivity index (χ2v) is 6.46. The number of aromatic nitrogens is 1. The molecule has 1 aromatic rings. The maximum absolute atomic E-state index is 12.8. The minimum absolute atomic E-state index is 0.112. The van der Waals surface area contributed by atoms with Crippen molar-refractivity contribution in [2.75, 3.05) is 26.2 Å². The maximum Gasteiger partial charge on any atom is 0.251 e. The molecular weight excluding hydrogens is 300 g/mol. The first kappa shape index (κ1) is 16.3. The Kier molecular flexibility index (Phi) is 5.20. The molecule has 23 heavy (non-hydrogen) atoms. The first-order chi connectivity index (χ1) is 11.1. The highest BCUT2D eigenvalue weighted by Gasteiger charge is 2.31. The van der Waals surface area contributed by atoms with Crippen molar-refractivity contribution < 1.29 is 13.6 Å². The van der Waals surface area contributed by atoms with Crippen LogP contribution in [-0.4, -0.2) is 53.3 Å². The Hall–Kier alpha value is -1.56. The van der Waals surface area contributed by atoms with E-state index in [0.717, 1.165) is 43.5 Å². The van der Waals surface area contributed by atoms with Crippen molar-refractivity contribution in [2.24, 2.45) is 5.92 Å². The maximum atomic E-state index is 12.8. The molecule has 1 aromatic heterocycles. The summed E-state index contributed by atoms with van der Waals surface area (Å²) in [7, 11) is 0. The Morgan fingerprint density at radius 3 is 3.04 bits per heavy atom. The van der Waals surface area contributed by atoms with Gasteiger partial charge < -0.3 is 4.90 Å². The first-order valence-corrected chi connectivity index (χ1v) is 8.35. The first-order valence-electron chi connectivity index (χ1n) is 8.35. The summed E-state index contributed by atoms with van der Waals surface area (Å²) in [6, 6.07) is 3.93. The number of aryl methyl sites for hydroxylation is 1. The van der Waals surface area contributed by atoms with Gasteiger partial charge >= 0.3 is 0 Å². The van der Waals surface area contributed by atoms with Crippen LogP contribution in [0, 0.1) is 5.92 Å². The molecule has 3 heterocycles. The lowest BCUT2D eigenvalue weighted by molar-refractivity contribution is -0.138. The summed E-state index contributed by atoms with van der Waals surface area (Å²) in [5.74, 6) is -0.0404. The fourth-order valence-electron chi connectivity index (χ4n) is 3.63. The van der Waals surface area contributed by atoms with E-state index < -0.39 is 6.43 Å². The number of nitrogens with zero attached hydrogens (tertiary/aromatic N) is 3. The third-order valence-electron chi connectivity index (χ3n) is 4.75. The summed E-state index contributed by atoms with van der Waals surface area (Å²) in [5.41, 5.74) is 2.18. The zero-order valence-electron chi connectivity index (χ0n) is 13.3. The van der Waals surface area contributed by atoms with Gasteiger partial charge in [-0.15, -0.1) is 0 Å². The van der Waals surface area contributed by atoms with Crippen molar-refractivity contribution in [3.8, 4) is 0 Å². The summed E-state index contributed by atoms with van der Waals surface area (Å²) in [6.45, 7) is 2.21. The number of likely N-dealkylation sites (tertiary alicyclic amines) is 1. The van der Waals surface area contributed by atoms with E-state index in [1.165, 1.54) is 0 Å². The molecule has 0 spiro atoms. The van der Waals surface area contributed by atoms with E-state index in [1.54, 1.807) is 11.1 Å². The van der Waals surface area contributed by atoms with E-state index in [4.69, 9.17) is 0 Å². The topological polar surface area (TPSA) is 36.4 Å². The SMILES string of the molecule is O=C(C1CCCN(CC(F)F)C1)N1CCCc2ncccc2C1. The molecule has 0 saturated carbocycles. The molecule has 1 fully saturated rings. The number of piperidine rings is 1. The molecular formula is C17H23F2N3O. The molecule has 4 nitrogen and oxygen atoms in total. The van der Waals surface area contributed by atoms with Gasteiger partial charge in [0, 0.05) is 31.5 Å². The minimum atomic E-state index is -2.33. The molecule has 1 atom stereocenters. The summed E-state index contributed by atoms with van der Waals surface area (Å²) >= 11 is 0. The van der Waals surface area contributed by atoms with Gasteiger partial charge in [0.15, 0.2) is 0 Å². The third kappa shape index (κ3) is 4.05. The van der Waals surface area contributed by atoms with Crippen molar-refractivity contribution in [3.63, 3.8) is 0 Å². The van der Waals surface area contributed by atoms with Crippen LogP contribution in [0.1, 0.15) is 30.5 Å². The second-order valence-electron chi connectivity index (χ2n) is 6.46. The normalized spacial score (nSPS) is 22.7. The predicted octanol–water partition coefficient (Wildman–Crippen LogP) is 2.33. The summed E-state index contributed by atoms with van der Waals surface area (Å²) < 4.78 is 25.2. The van der Waals surface area contributed by atoms with Crippen LogP contribution in [0.4, 0.5) is 8.78 Å². The molecule has 1 amide bonds. The van der Waals surface area contributed by atoms with Gasteiger partial charge in [-0.3, -0.25) is 14.7 Å². The van der Waals surface area contributed by atoms with Crippen molar-refractivity contribution in [1.29, 1.82) is 0 Å². The lowest BCUT2D eigenvalue weighted by Crippen LogP contribution is -2.45. The number of fused-ring (bicyclic) bond motifs is 1. The number of amides is 1. The van der Waals surface area contributed by atoms with Gasteiger partial charge in [0.25, 0.3) is 6.43 Å². The van der Waals surface area contributed by atoms with Crippen molar-refractivity contribution in [2.45, 2.75) is 38.7 Å². The molecule has 6 heteroatoms. The highest BCUT2D eigenvalue weighted by Crippen LogP contribution is 2.23. The molecule has 3 rings (SSSR count). The average molecular weight is 323 g/mol. The Balaban J connectivity index is 1.65. The van der Waals surface area contributed by atoms with Crippen molar-refractivity contribution in [1.82, 2.24) is 14.8 Å². The van der Waals surface area contributed by atoms with Gasteiger partial charge in [-0.25, -0.2) is 8.78 Å². The number of hydrogen-bond acceptors (Lipinski definition) is 3. The van der Waals surface area contributed by atoms with Crippen molar-refractivity contribution in [3.05, 3.63) is 29.6 Å². The van der Waals surface area contributed by atoms with Gasteiger partial charge in [-0.05, 0) is 43.9 Å². The molecule has 0 aliphatic carbocycles. The summed E-state index contributed by atoms with van der Waals surface area (Å²) in [5, 5.41) is 0. The average Bonchev–Trinajstić information content (AvgIpc) is 2.76. The number of alkyl halides is 2. The minimum Gasteiger partial charge on any atom is -0.338 e. The molecule has 2 aliphatic rings. The zero-order chi connectivity index (χ0) is 16.2. The standard InChI is InChI=1S/C17H23F2N3O/c18-16(19)12-21-8-2-5-14(10-21)17(23)22-9-3-6-15-13(11-22)4-1-7-20-15/h1,4,7,14,16H,2-3,5-6,8-12H2. The molecule has 126 valence electrons. The summed E-state index contributed by atoms with van der Waals surface area (Å²) in [6.07, 6.45) is 2.87. The molecule has 0 radical (unpaired) electrons. The molecule has 0 N–H and O–H groups in total. The quantitative estimate of drug-likeness (QED) is 0.857. The molecule has 1 unspecified atom stereocenters. The van der Waals surface area contributed by atoms with Crippen LogP contribution in [0.15, 0.2) is 18.3 Å². The van der Waals surface area contributed by atoms with Crippen LogP contribution >= 0.6 is 0 Å². The van der Waals surface area contributed by atoms with E-state index in [9.17, 15) is 13.6 Å². The van der Waals surface area contributed by atoms with E-state index in [-0.39, 0.29) is 18.4 Å². The highest BCUT2D eigenvalue weighted by atomic mass is 19.3. The second kappa shape index (κ2) is 7.34. The van der Waals surface area contributed by atoms with E-state index in [0.29, 0.717) is 19.6 Å². The van der Waals surface area contributed by atoms with Crippen LogP contribution in [0.3, 0.4) is 0 Å². The third-order valence-corrected chi connectivity index (χ3v) is 4.75. The molecule has 1 saturated heterocycles. The molecule has 0 aromatic carbocycles. The largest absolute Gasteiger partial charge is 0.338 e. The predicted molar refractivity (Wildman–Crippen MR) is 83.1 cm³/mol. The molecule has 2 aliphatic heterocycles. The lowest BCUT2D eigenvalue weighted by atomic mass is 9.96. The monoisotopic (exact) mass is 323 g/mol. The Labute approximate surface area is 135 Å². The van der Waals surface area contributed by atoms with Crippen LogP contribution in [0.25, 0.3) is 0 Å². The van der Waals surface area contributed by atoms with E-state index in [2.05, 4.69) is 4.98 Å². The Morgan fingerprint density at radius 2 is 2.22 bits per heavy atom. The Bertz CT molecular complexity index is 552. The number of carbonyl (C=O) groups is 1. The van der Waals surface area contributed by atoms with Gasteiger partial charge in [0.05, 0.1) is 12.5 Å². The van der Waals surface area contributed by atoms with E-state index >= 15 is 0 Å². The van der Waals surface area contributed by atoms with Crippen LogP contribution in [0.5, 0.6) is 0 Å². The zero-order valence-corrected chi connectivity index (χ0v) is 13.3. The van der Waals surface area contributed by atoms with Gasteiger partial charge in [-0.2, -0.15) is 0 Å². The van der Waals surface area contributed by atoms with E-state index in [1.807, 2.05) is 17.0 Å². The van der Waals surface area contributed by atoms with Crippen LogP contribution < -0.4 is 0 Å². The number of rotatable bonds is 3. The Morgan fingerprint density at radius 1 is 1.35 bits per heavy atom. The van der Waals surface area contributed by atoms with Gasteiger partial charge in [0.2, 0.25) is 5.91 Å². The van der Waals surface area contributed by atoms with Crippen molar-refractivity contribution >= 4 is 5.91 Å². The van der Waals surface area contributed by atoms with Gasteiger partial charge in [0.1, 0.15) is 0 Å². The van der Waals surface area contributed by atoms with Crippen LogP contribution in [0.2, 0.25) is 0 Å². The number of halogens is 2. The smallest absolute Gasteiger partial charge is 0.251 e. The summed E-state index contributed by atoms with van der Waals surface area (Å²) in [4.78, 5) is 20.9. The fraction of sp³-hybridized carbons (Fsp3) is 0.647. The van der Waals surface area contributed by atoms with Crippen LogP contribution in [-0.2, 0) is 17.8 Å². The number of pyridine rings is 1. The van der Waals surface area contributed by atoms with Gasteiger partial charge in [-0.1, -0.05) is 6.07 Å². The molecule has 0 bridgehead atoms.